The van der Waals surface area contributed by atoms with Crippen molar-refractivity contribution in [3.8, 4) is 0 Å². The van der Waals surface area contributed by atoms with Crippen molar-refractivity contribution in [3.05, 3.63) is 0 Å². The standard InChI is InChI=1S/C5H11O3.Na/c1-5(7-2)8-4-3-6;/h5H,3-4H2,1-2H3;/q-1;+1. The fourth-order valence-corrected chi connectivity index (χ4v) is 0.282. The van der Waals surface area contributed by atoms with Gasteiger partial charge in [-0.25, -0.2) is 0 Å². The molecule has 0 spiro atoms. The number of hydrogen-bond donors (Lipinski definition) is 0. The zero-order valence-corrected chi connectivity index (χ0v) is 8.22. The number of hydrogen-bond acceptors (Lipinski definition) is 3. The van der Waals surface area contributed by atoms with E-state index in [-0.39, 0.29) is 49.1 Å². The Bertz CT molecular complexity index is 51.5. The second-order valence-electron chi connectivity index (χ2n) is 1.38. The van der Waals surface area contributed by atoms with Crippen molar-refractivity contribution in [2.45, 2.75) is 13.2 Å². The minimum absolute atomic E-state index is 0. The second kappa shape index (κ2) is 8.88. The summed E-state index contributed by atoms with van der Waals surface area (Å²) in [6.07, 6.45) is -0.246. The summed E-state index contributed by atoms with van der Waals surface area (Å²) >= 11 is 0. The van der Waals surface area contributed by atoms with Crippen molar-refractivity contribution in [3.63, 3.8) is 0 Å². The van der Waals surface area contributed by atoms with Crippen molar-refractivity contribution < 1.29 is 44.1 Å². The Morgan fingerprint density at radius 1 is 1.56 bits per heavy atom. The van der Waals surface area contributed by atoms with Gasteiger partial charge in [0.1, 0.15) is 0 Å². The van der Waals surface area contributed by atoms with E-state index in [0.29, 0.717) is 0 Å². The monoisotopic (exact) mass is 142 g/mol. The average Bonchev–Trinajstić information content (AvgIpc) is 1.83. The third-order valence-corrected chi connectivity index (χ3v) is 0.768. The van der Waals surface area contributed by atoms with Crippen LogP contribution in [0.2, 0.25) is 0 Å². The van der Waals surface area contributed by atoms with E-state index in [1.165, 1.54) is 7.11 Å². The van der Waals surface area contributed by atoms with Crippen LogP contribution in [0.15, 0.2) is 0 Å². The van der Waals surface area contributed by atoms with Crippen LogP contribution in [0.4, 0.5) is 0 Å². The van der Waals surface area contributed by atoms with Gasteiger partial charge < -0.3 is 14.6 Å². The van der Waals surface area contributed by atoms with Crippen LogP contribution in [-0.4, -0.2) is 26.6 Å². The second-order valence-corrected chi connectivity index (χ2v) is 1.38. The molecule has 4 heteroatoms. The molecule has 0 bridgehead atoms. The van der Waals surface area contributed by atoms with Crippen LogP contribution in [0.25, 0.3) is 0 Å². The van der Waals surface area contributed by atoms with Crippen molar-refractivity contribution in [1.29, 1.82) is 0 Å². The fraction of sp³-hybridized carbons (Fsp3) is 1.00. The maximum atomic E-state index is 9.77. The quantitative estimate of drug-likeness (QED) is 0.300. The van der Waals surface area contributed by atoms with Gasteiger partial charge >= 0.3 is 29.6 Å². The van der Waals surface area contributed by atoms with E-state index in [1.54, 1.807) is 6.92 Å². The Hall–Kier alpha value is 0.880. The van der Waals surface area contributed by atoms with Gasteiger partial charge in [0.15, 0.2) is 6.29 Å². The third kappa shape index (κ3) is 8.88. The van der Waals surface area contributed by atoms with E-state index in [2.05, 4.69) is 0 Å². The van der Waals surface area contributed by atoms with Crippen LogP contribution < -0.4 is 34.7 Å². The molecule has 0 amide bonds. The topological polar surface area (TPSA) is 41.5 Å². The first-order valence-corrected chi connectivity index (χ1v) is 2.53. The third-order valence-electron chi connectivity index (χ3n) is 0.768. The summed E-state index contributed by atoms with van der Waals surface area (Å²) in [6.45, 7) is 1.78. The smallest absolute Gasteiger partial charge is 0.853 e. The molecular formula is C5H11NaO3. The van der Waals surface area contributed by atoms with Gasteiger partial charge in [0.05, 0.1) is 0 Å². The number of rotatable bonds is 4. The largest absolute Gasteiger partial charge is 1.00 e. The summed E-state index contributed by atoms with van der Waals surface area (Å²) in [4.78, 5) is 0. The van der Waals surface area contributed by atoms with Gasteiger partial charge in [-0.3, -0.25) is 0 Å². The summed E-state index contributed by atoms with van der Waals surface area (Å²) < 4.78 is 9.50. The molecule has 0 N–H and O–H groups in total. The summed E-state index contributed by atoms with van der Waals surface area (Å²) in [5.41, 5.74) is 0. The van der Waals surface area contributed by atoms with E-state index < -0.39 is 0 Å². The van der Waals surface area contributed by atoms with Gasteiger partial charge in [-0.15, -0.1) is 6.61 Å². The molecule has 1 unspecified atom stereocenters. The predicted octanol–water partition coefficient (Wildman–Crippen LogP) is -3.64. The van der Waals surface area contributed by atoms with E-state index >= 15 is 0 Å². The minimum Gasteiger partial charge on any atom is -0.853 e. The normalized spacial score (nSPS) is 12.3. The van der Waals surface area contributed by atoms with Crippen LogP contribution in [0.3, 0.4) is 0 Å². The summed E-state index contributed by atoms with van der Waals surface area (Å²) in [5.74, 6) is 0. The van der Waals surface area contributed by atoms with Crippen molar-refractivity contribution in [1.82, 2.24) is 0 Å². The maximum Gasteiger partial charge on any atom is 1.00 e. The Balaban J connectivity index is 0. The molecule has 0 heterocycles. The predicted molar refractivity (Wildman–Crippen MR) is 27.3 cm³/mol. The van der Waals surface area contributed by atoms with Gasteiger partial charge in [0, 0.05) is 13.7 Å². The van der Waals surface area contributed by atoms with Crippen molar-refractivity contribution in [2.75, 3.05) is 20.3 Å². The summed E-state index contributed by atoms with van der Waals surface area (Å²) in [5, 5.41) is 9.77. The van der Waals surface area contributed by atoms with Crippen molar-refractivity contribution >= 4 is 0 Å². The molecule has 1 atom stereocenters. The van der Waals surface area contributed by atoms with Gasteiger partial charge in [-0.1, -0.05) is 0 Å². The molecular weight excluding hydrogens is 131 g/mol. The van der Waals surface area contributed by atoms with Crippen LogP contribution in [-0.2, 0) is 9.47 Å². The molecule has 0 saturated carbocycles. The Morgan fingerprint density at radius 2 is 2.11 bits per heavy atom. The van der Waals surface area contributed by atoms with Gasteiger partial charge in [-0.05, 0) is 6.92 Å². The van der Waals surface area contributed by atoms with Gasteiger partial charge in [0.2, 0.25) is 0 Å². The number of ether oxygens (including phenoxy) is 2. The molecule has 0 aliphatic carbocycles. The Kier molecular flexibility index (Phi) is 12.4. The molecule has 0 rings (SSSR count). The van der Waals surface area contributed by atoms with Crippen LogP contribution in [0, 0.1) is 0 Å². The number of methoxy groups -OCH3 is 1. The molecule has 0 saturated heterocycles. The first-order valence-electron chi connectivity index (χ1n) is 2.53. The zero-order chi connectivity index (χ0) is 6.41. The molecule has 0 fully saturated rings. The van der Waals surface area contributed by atoms with Crippen LogP contribution >= 0.6 is 0 Å². The van der Waals surface area contributed by atoms with Gasteiger partial charge in [-0.2, -0.15) is 0 Å². The van der Waals surface area contributed by atoms with Crippen LogP contribution in [0.5, 0.6) is 0 Å². The first kappa shape index (κ1) is 12.5. The van der Waals surface area contributed by atoms with Gasteiger partial charge in [0.25, 0.3) is 0 Å². The van der Waals surface area contributed by atoms with E-state index in [0.717, 1.165) is 0 Å². The summed E-state index contributed by atoms with van der Waals surface area (Å²) in [7, 11) is 1.54. The molecule has 0 aliphatic heterocycles. The Morgan fingerprint density at radius 3 is 2.44 bits per heavy atom. The van der Waals surface area contributed by atoms with Crippen molar-refractivity contribution in [2.24, 2.45) is 0 Å². The molecule has 9 heavy (non-hydrogen) atoms. The zero-order valence-electron chi connectivity index (χ0n) is 6.22. The Labute approximate surface area is 77.6 Å². The molecule has 0 radical (unpaired) electrons. The average molecular weight is 142 g/mol. The molecule has 0 aromatic heterocycles. The maximum absolute atomic E-state index is 9.77. The minimum atomic E-state index is -0.246. The molecule has 0 aromatic rings. The van der Waals surface area contributed by atoms with Crippen LogP contribution in [0.1, 0.15) is 6.92 Å². The molecule has 50 valence electrons. The summed E-state index contributed by atoms with van der Waals surface area (Å²) in [6, 6.07) is 0. The van der Waals surface area contributed by atoms with E-state index in [4.69, 9.17) is 9.47 Å². The first-order chi connectivity index (χ1) is 3.81. The molecule has 0 aliphatic rings. The fourth-order valence-electron chi connectivity index (χ4n) is 0.282. The van der Waals surface area contributed by atoms with E-state index in [9.17, 15) is 5.11 Å². The van der Waals surface area contributed by atoms with E-state index in [1.807, 2.05) is 0 Å². The SMILES string of the molecule is COC(C)OCC[O-].[Na+]. The molecule has 0 aromatic carbocycles. The molecule has 3 nitrogen and oxygen atoms in total.